The van der Waals surface area contributed by atoms with E-state index in [1.54, 1.807) is 0 Å². The SMILES string of the molecule is Nc1cccc(-n2cc(-c3ccccc3)cn2)c1. The molecule has 0 saturated heterocycles. The van der Waals surface area contributed by atoms with Gasteiger partial charge >= 0.3 is 0 Å². The number of aromatic nitrogens is 2. The first-order chi connectivity index (χ1) is 8.83. The number of benzene rings is 2. The van der Waals surface area contributed by atoms with Crippen LogP contribution in [0, 0.1) is 0 Å². The van der Waals surface area contributed by atoms with E-state index in [9.17, 15) is 0 Å². The first-order valence-electron chi connectivity index (χ1n) is 5.79. The molecule has 0 spiro atoms. The third kappa shape index (κ3) is 1.98. The average Bonchev–Trinajstić information content (AvgIpc) is 2.89. The largest absolute Gasteiger partial charge is 0.399 e. The Morgan fingerprint density at radius 1 is 0.889 bits per heavy atom. The lowest BCUT2D eigenvalue weighted by Crippen LogP contribution is -1.95. The van der Waals surface area contributed by atoms with Crippen molar-refractivity contribution in [1.29, 1.82) is 0 Å². The highest BCUT2D eigenvalue weighted by Gasteiger charge is 2.02. The van der Waals surface area contributed by atoms with Crippen molar-refractivity contribution >= 4 is 5.69 Å². The van der Waals surface area contributed by atoms with E-state index >= 15 is 0 Å². The van der Waals surface area contributed by atoms with Crippen molar-refractivity contribution in [3.8, 4) is 16.8 Å². The van der Waals surface area contributed by atoms with Gasteiger partial charge in [-0.25, -0.2) is 4.68 Å². The Morgan fingerprint density at radius 3 is 2.50 bits per heavy atom. The Balaban J connectivity index is 2.00. The number of rotatable bonds is 2. The minimum atomic E-state index is 0.740. The standard InChI is InChI=1S/C15H13N3/c16-14-7-4-8-15(9-14)18-11-13(10-17-18)12-5-2-1-3-6-12/h1-11H,16H2. The summed E-state index contributed by atoms with van der Waals surface area (Å²) >= 11 is 0. The number of hydrogen-bond donors (Lipinski definition) is 1. The van der Waals surface area contributed by atoms with Crippen molar-refractivity contribution in [2.75, 3.05) is 5.73 Å². The van der Waals surface area contributed by atoms with Gasteiger partial charge in [0, 0.05) is 17.4 Å². The van der Waals surface area contributed by atoms with E-state index in [0.717, 1.165) is 22.5 Å². The Labute approximate surface area is 105 Å². The fraction of sp³-hybridized carbons (Fsp3) is 0. The van der Waals surface area contributed by atoms with E-state index in [2.05, 4.69) is 17.2 Å². The highest BCUT2D eigenvalue weighted by molar-refractivity contribution is 5.62. The van der Waals surface area contributed by atoms with Crippen LogP contribution in [0.3, 0.4) is 0 Å². The molecule has 2 N–H and O–H groups in total. The third-order valence-electron chi connectivity index (χ3n) is 2.82. The van der Waals surface area contributed by atoms with Gasteiger partial charge in [-0.1, -0.05) is 36.4 Å². The van der Waals surface area contributed by atoms with Gasteiger partial charge in [-0.15, -0.1) is 0 Å². The van der Waals surface area contributed by atoms with E-state index in [0.29, 0.717) is 0 Å². The summed E-state index contributed by atoms with van der Waals surface area (Å²) < 4.78 is 1.83. The zero-order valence-corrected chi connectivity index (χ0v) is 9.82. The maximum absolute atomic E-state index is 5.77. The summed E-state index contributed by atoms with van der Waals surface area (Å²) in [7, 11) is 0. The van der Waals surface area contributed by atoms with E-state index in [1.165, 1.54) is 0 Å². The minimum absolute atomic E-state index is 0.740. The Kier molecular flexibility index (Phi) is 2.57. The van der Waals surface area contributed by atoms with E-state index in [-0.39, 0.29) is 0 Å². The van der Waals surface area contributed by atoms with Crippen LogP contribution in [0.25, 0.3) is 16.8 Å². The van der Waals surface area contributed by atoms with Gasteiger partial charge in [0.05, 0.1) is 11.9 Å². The maximum atomic E-state index is 5.77. The predicted molar refractivity (Wildman–Crippen MR) is 73.4 cm³/mol. The molecule has 0 aliphatic rings. The molecule has 0 atom stereocenters. The van der Waals surface area contributed by atoms with Crippen LogP contribution in [0.1, 0.15) is 0 Å². The van der Waals surface area contributed by atoms with Crippen molar-refractivity contribution in [1.82, 2.24) is 9.78 Å². The molecule has 0 fully saturated rings. The molecule has 0 unspecified atom stereocenters. The number of nitrogens with zero attached hydrogens (tertiary/aromatic N) is 2. The number of nitrogens with two attached hydrogens (primary N) is 1. The highest BCUT2D eigenvalue weighted by atomic mass is 15.3. The molecule has 0 amide bonds. The lowest BCUT2D eigenvalue weighted by molar-refractivity contribution is 0.881. The van der Waals surface area contributed by atoms with Crippen LogP contribution < -0.4 is 5.73 Å². The Morgan fingerprint density at radius 2 is 1.72 bits per heavy atom. The number of anilines is 1. The Hall–Kier alpha value is -2.55. The number of hydrogen-bond acceptors (Lipinski definition) is 2. The molecule has 1 aromatic heterocycles. The molecular formula is C15H13N3. The van der Waals surface area contributed by atoms with Gasteiger partial charge in [0.2, 0.25) is 0 Å². The highest BCUT2D eigenvalue weighted by Crippen LogP contribution is 2.20. The average molecular weight is 235 g/mol. The fourth-order valence-corrected chi connectivity index (χ4v) is 1.91. The van der Waals surface area contributed by atoms with Crippen molar-refractivity contribution in [3.05, 3.63) is 67.0 Å². The molecule has 0 radical (unpaired) electrons. The second-order valence-electron chi connectivity index (χ2n) is 4.13. The summed E-state index contributed by atoms with van der Waals surface area (Å²) in [6.45, 7) is 0. The predicted octanol–water partition coefficient (Wildman–Crippen LogP) is 3.12. The van der Waals surface area contributed by atoms with Crippen molar-refractivity contribution in [3.63, 3.8) is 0 Å². The van der Waals surface area contributed by atoms with E-state index in [4.69, 9.17) is 5.73 Å². The minimum Gasteiger partial charge on any atom is -0.399 e. The second-order valence-corrected chi connectivity index (χ2v) is 4.13. The van der Waals surface area contributed by atoms with Crippen LogP contribution in [0.2, 0.25) is 0 Å². The van der Waals surface area contributed by atoms with Gasteiger partial charge < -0.3 is 5.73 Å². The summed E-state index contributed by atoms with van der Waals surface area (Å²) in [5.41, 5.74) is 9.74. The quantitative estimate of drug-likeness (QED) is 0.693. The molecular weight excluding hydrogens is 222 g/mol. The smallest absolute Gasteiger partial charge is 0.0666 e. The van der Waals surface area contributed by atoms with Gasteiger partial charge in [0.1, 0.15) is 0 Å². The Bertz CT molecular complexity index is 656. The van der Waals surface area contributed by atoms with E-state index < -0.39 is 0 Å². The van der Waals surface area contributed by atoms with Gasteiger partial charge in [-0.2, -0.15) is 5.10 Å². The summed E-state index contributed by atoms with van der Waals surface area (Å²) in [6.07, 6.45) is 3.86. The van der Waals surface area contributed by atoms with Gasteiger partial charge in [0.15, 0.2) is 0 Å². The van der Waals surface area contributed by atoms with Gasteiger partial charge in [0.25, 0.3) is 0 Å². The topological polar surface area (TPSA) is 43.8 Å². The van der Waals surface area contributed by atoms with Crippen molar-refractivity contribution in [2.24, 2.45) is 0 Å². The molecule has 18 heavy (non-hydrogen) atoms. The molecule has 88 valence electrons. The fourth-order valence-electron chi connectivity index (χ4n) is 1.91. The molecule has 3 aromatic rings. The zero-order valence-electron chi connectivity index (χ0n) is 9.82. The summed E-state index contributed by atoms with van der Waals surface area (Å²) in [5.74, 6) is 0. The lowest BCUT2D eigenvalue weighted by Gasteiger charge is -2.01. The normalized spacial score (nSPS) is 10.4. The molecule has 3 nitrogen and oxygen atoms in total. The van der Waals surface area contributed by atoms with Crippen LogP contribution in [0.15, 0.2) is 67.0 Å². The van der Waals surface area contributed by atoms with E-state index in [1.807, 2.05) is 59.5 Å². The van der Waals surface area contributed by atoms with Crippen LogP contribution in [0.4, 0.5) is 5.69 Å². The monoisotopic (exact) mass is 235 g/mol. The molecule has 3 heteroatoms. The molecule has 0 bridgehead atoms. The molecule has 0 saturated carbocycles. The lowest BCUT2D eigenvalue weighted by atomic mass is 10.1. The summed E-state index contributed by atoms with van der Waals surface area (Å²) in [5, 5.41) is 4.37. The third-order valence-corrected chi connectivity index (χ3v) is 2.82. The van der Waals surface area contributed by atoms with Crippen LogP contribution in [0.5, 0.6) is 0 Å². The summed E-state index contributed by atoms with van der Waals surface area (Å²) in [6, 6.07) is 17.9. The number of nitrogen functional groups attached to an aromatic ring is 1. The maximum Gasteiger partial charge on any atom is 0.0666 e. The van der Waals surface area contributed by atoms with Crippen molar-refractivity contribution < 1.29 is 0 Å². The van der Waals surface area contributed by atoms with Crippen LogP contribution >= 0.6 is 0 Å². The molecule has 3 rings (SSSR count). The van der Waals surface area contributed by atoms with Crippen LogP contribution in [-0.4, -0.2) is 9.78 Å². The molecule has 0 aliphatic heterocycles. The van der Waals surface area contributed by atoms with Gasteiger partial charge in [-0.05, 0) is 23.8 Å². The van der Waals surface area contributed by atoms with Crippen LogP contribution in [-0.2, 0) is 0 Å². The molecule has 1 heterocycles. The second kappa shape index (κ2) is 4.37. The molecule has 0 aliphatic carbocycles. The summed E-state index contributed by atoms with van der Waals surface area (Å²) in [4.78, 5) is 0. The van der Waals surface area contributed by atoms with Crippen molar-refractivity contribution in [2.45, 2.75) is 0 Å². The molecule has 2 aromatic carbocycles. The first kappa shape index (κ1) is 10.6. The van der Waals surface area contributed by atoms with Gasteiger partial charge in [-0.3, -0.25) is 0 Å². The zero-order chi connectivity index (χ0) is 12.4. The first-order valence-corrected chi connectivity index (χ1v) is 5.79.